The summed E-state index contributed by atoms with van der Waals surface area (Å²) in [4.78, 5) is 13.3. The van der Waals surface area contributed by atoms with Gasteiger partial charge in [-0.05, 0) is 48.9 Å². The van der Waals surface area contributed by atoms with Gasteiger partial charge in [-0.3, -0.25) is 0 Å². The zero-order valence-corrected chi connectivity index (χ0v) is 20.2. The van der Waals surface area contributed by atoms with Gasteiger partial charge in [-0.25, -0.2) is 5.43 Å². The summed E-state index contributed by atoms with van der Waals surface area (Å²) in [6.07, 6.45) is 1.66. The summed E-state index contributed by atoms with van der Waals surface area (Å²) in [5.74, 6) is 0.709. The van der Waals surface area contributed by atoms with Crippen LogP contribution in [0.3, 0.4) is 0 Å². The molecule has 33 heavy (non-hydrogen) atoms. The molecule has 0 spiro atoms. The molecule has 0 aliphatic rings. The van der Waals surface area contributed by atoms with Crippen LogP contribution in [0.1, 0.15) is 11.1 Å². The number of hydrogen-bond acceptors (Lipinski definition) is 6. The van der Waals surface area contributed by atoms with Gasteiger partial charge >= 0.3 is 0 Å². The molecular weight excluding hydrogens is 502 g/mol. The number of hydrazone groups is 1. The molecule has 0 fully saturated rings. The Kier molecular flexibility index (Phi) is 7.30. The van der Waals surface area contributed by atoms with Crippen molar-refractivity contribution in [3.05, 3.63) is 91.9 Å². The van der Waals surface area contributed by atoms with Gasteiger partial charge in [-0.1, -0.05) is 76.2 Å². The maximum atomic E-state index is 6.39. The summed E-state index contributed by atoms with van der Waals surface area (Å²) in [5, 5.41) is 9.00. The molecule has 0 aliphatic carbocycles. The first-order valence-corrected chi connectivity index (χ1v) is 11.2. The number of aromatic nitrogens is 3. The van der Waals surface area contributed by atoms with E-state index in [1.165, 1.54) is 0 Å². The van der Waals surface area contributed by atoms with Crippen molar-refractivity contribution in [2.75, 3.05) is 10.7 Å². The summed E-state index contributed by atoms with van der Waals surface area (Å²) in [5.41, 5.74) is 6.08. The molecule has 1 heterocycles. The molecule has 166 valence electrons. The molecule has 0 unspecified atom stereocenters. The van der Waals surface area contributed by atoms with Crippen molar-refractivity contribution in [2.24, 2.45) is 5.10 Å². The Morgan fingerprint density at radius 2 is 1.39 bits per heavy atom. The number of rotatable bonds is 6. The lowest BCUT2D eigenvalue weighted by Crippen LogP contribution is -2.06. The van der Waals surface area contributed by atoms with Crippen molar-refractivity contribution in [3.8, 4) is 11.4 Å². The predicted molar refractivity (Wildman–Crippen MR) is 137 cm³/mol. The largest absolute Gasteiger partial charge is 0.324 e. The van der Waals surface area contributed by atoms with Gasteiger partial charge < -0.3 is 5.32 Å². The molecule has 10 heteroatoms. The smallest absolute Gasteiger partial charge is 0.248 e. The van der Waals surface area contributed by atoms with Gasteiger partial charge in [-0.15, -0.1) is 0 Å². The third-order valence-corrected chi connectivity index (χ3v) is 5.49. The Hall–Kier alpha value is -2.90. The van der Waals surface area contributed by atoms with Crippen LogP contribution in [-0.2, 0) is 0 Å². The van der Waals surface area contributed by atoms with Crippen LogP contribution in [0.5, 0.6) is 0 Å². The van der Waals surface area contributed by atoms with Crippen LogP contribution in [-0.4, -0.2) is 21.2 Å². The monoisotopic (exact) mass is 516 g/mol. The minimum atomic E-state index is 0.196. The van der Waals surface area contributed by atoms with Gasteiger partial charge in [-0.2, -0.15) is 20.1 Å². The molecule has 0 radical (unpaired) electrons. The molecule has 3 aromatic carbocycles. The van der Waals surface area contributed by atoms with E-state index in [2.05, 4.69) is 30.8 Å². The topological polar surface area (TPSA) is 75.1 Å². The van der Waals surface area contributed by atoms with E-state index in [4.69, 9.17) is 46.4 Å². The Labute approximate surface area is 210 Å². The number of halogens is 4. The predicted octanol–water partition coefficient (Wildman–Crippen LogP) is 7.65. The van der Waals surface area contributed by atoms with E-state index in [9.17, 15) is 0 Å². The van der Waals surface area contributed by atoms with E-state index < -0.39 is 0 Å². The van der Waals surface area contributed by atoms with Crippen LogP contribution in [0.2, 0.25) is 20.1 Å². The van der Waals surface area contributed by atoms with Gasteiger partial charge in [0, 0.05) is 15.7 Å². The first-order chi connectivity index (χ1) is 15.9. The lowest BCUT2D eigenvalue weighted by Gasteiger charge is -2.11. The van der Waals surface area contributed by atoms with Gasteiger partial charge in [0.15, 0.2) is 5.82 Å². The number of nitrogens with one attached hydrogen (secondary N) is 2. The molecule has 0 atom stereocenters. The zero-order valence-electron chi connectivity index (χ0n) is 17.2. The zero-order chi connectivity index (χ0) is 23.4. The van der Waals surface area contributed by atoms with Gasteiger partial charge in [0.2, 0.25) is 11.9 Å². The average molecular weight is 518 g/mol. The van der Waals surface area contributed by atoms with Gasteiger partial charge in [0.25, 0.3) is 0 Å². The molecule has 2 N–H and O–H groups in total. The Bertz CT molecular complexity index is 1280. The van der Waals surface area contributed by atoms with E-state index in [1.54, 1.807) is 42.6 Å². The van der Waals surface area contributed by atoms with Crippen LogP contribution in [0.4, 0.5) is 17.6 Å². The molecule has 4 rings (SSSR count). The standard InChI is InChI=1S/C23H16Cl4N6/c1-13-2-4-14(5-3-13)12-28-33-23-31-21(20-18(26)10-16(25)11-19(20)27)30-22(32-23)29-17-8-6-15(24)7-9-17/h2-12H,1H3,(H2,29,30,31,32,33)/b28-12+. The molecular formula is C23H16Cl4N6. The summed E-state index contributed by atoms with van der Waals surface area (Å²) < 4.78 is 0. The normalized spacial score (nSPS) is 11.1. The summed E-state index contributed by atoms with van der Waals surface area (Å²) in [7, 11) is 0. The van der Waals surface area contributed by atoms with Crippen LogP contribution >= 0.6 is 46.4 Å². The molecule has 0 bridgehead atoms. The summed E-state index contributed by atoms with van der Waals surface area (Å²) in [6, 6.07) is 18.2. The molecule has 4 aromatic rings. The van der Waals surface area contributed by atoms with Crippen molar-refractivity contribution < 1.29 is 0 Å². The van der Waals surface area contributed by atoms with Crippen LogP contribution < -0.4 is 10.7 Å². The average Bonchev–Trinajstić information content (AvgIpc) is 2.76. The van der Waals surface area contributed by atoms with E-state index in [1.807, 2.05) is 31.2 Å². The van der Waals surface area contributed by atoms with Crippen LogP contribution in [0.25, 0.3) is 11.4 Å². The summed E-state index contributed by atoms with van der Waals surface area (Å²) >= 11 is 24.8. The number of anilines is 3. The van der Waals surface area contributed by atoms with E-state index in [-0.39, 0.29) is 17.7 Å². The first-order valence-electron chi connectivity index (χ1n) is 9.67. The van der Waals surface area contributed by atoms with Crippen molar-refractivity contribution in [1.29, 1.82) is 0 Å². The third kappa shape index (κ3) is 6.12. The second-order valence-corrected chi connectivity index (χ2v) is 8.65. The number of benzene rings is 3. The van der Waals surface area contributed by atoms with Crippen LogP contribution in [0, 0.1) is 6.92 Å². The fraction of sp³-hybridized carbons (Fsp3) is 0.0435. The number of hydrogen-bond donors (Lipinski definition) is 2. The molecule has 1 aromatic heterocycles. The highest BCUT2D eigenvalue weighted by molar-refractivity contribution is 6.41. The first kappa shape index (κ1) is 23.3. The second-order valence-electron chi connectivity index (χ2n) is 6.96. The highest BCUT2D eigenvalue weighted by atomic mass is 35.5. The van der Waals surface area contributed by atoms with Crippen molar-refractivity contribution in [2.45, 2.75) is 6.92 Å². The highest BCUT2D eigenvalue weighted by Crippen LogP contribution is 2.36. The molecule has 6 nitrogen and oxygen atoms in total. The van der Waals surface area contributed by atoms with Gasteiger partial charge in [0.1, 0.15) is 0 Å². The Morgan fingerprint density at radius 3 is 2.06 bits per heavy atom. The molecule has 0 amide bonds. The van der Waals surface area contributed by atoms with E-state index in [0.29, 0.717) is 25.7 Å². The highest BCUT2D eigenvalue weighted by Gasteiger charge is 2.16. The van der Waals surface area contributed by atoms with Crippen molar-refractivity contribution >= 4 is 70.2 Å². The lowest BCUT2D eigenvalue weighted by molar-refractivity contribution is 1.04. The van der Waals surface area contributed by atoms with Gasteiger partial charge in [0.05, 0.1) is 21.8 Å². The number of nitrogens with zero attached hydrogens (tertiary/aromatic N) is 4. The SMILES string of the molecule is Cc1ccc(/C=N/Nc2nc(Nc3ccc(Cl)cc3)nc(-c3c(Cl)cc(Cl)cc3Cl)n2)cc1. The molecule has 0 aliphatic heterocycles. The van der Waals surface area contributed by atoms with E-state index >= 15 is 0 Å². The minimum absolute atomic E-state index is 0.196. The van der Waals surface area contributed by atoms with Crippen molar-refractivity contribution in [3.63, 3.8) is 0 Å². The third-order valence-electron chi connectivity index (χ3n) is 4.42. The maximum absolute atomic E-state index is 6.39. The summed E-state index contributed by atoms with van der Waals surface area (Å²) in [6.45, 7) is 2.02. The molecule has 0 saturated carbocycles. The maximum Gasteiger partial charge on any atom is 0.248 e. The Balaban J connectivity index is 1.69. The number of aryl methyl sites for hydroxylation is 1. The van der Waals surface area contributed by atoms with E-state index in [0.717, 1.165) is 16.8 Å². The van der Waals surface area contributed by atoms with Crippen molar-refractivity contribution in [1.82, 2.24) is 15.0 Å². The second kappa shape index (κ2) is 10.4. The van der Waals surface area contributed by atoms with Crippen LogP contribution in [0.15, 0.2) is 65.8 Å². The lowest BCUT2D eigenvalue weighted by atomic mass is 10.2. The Morgan fingerprint density at radius 1 is 0.758 bits per heavy atom. The fourth-order valence-corrected chi connectivity index (χ4v) is 3.94. The minimum Gasteiger partial charge on any atom is -0.324 e. The molecule has 0 saturated heterocycles. The quantitative estimate of drug-likeness (QED) is 0.203. The fourth-order valence-electron chi connectivity index (χ4n) is 2.83.